The molecule has 126 valence electrons. The number of carbonyl (C=O) groups excluding carboxylic acids is 1. The van der Waals surface area contributed by atoms with E-state index in [9.17, 15) is 14.3 Å². The highest BCUT2D eigenvalue weighted by Crippen LogP contribution is 2.30. The van der Waals surface area contributed by atoms with Crippen LogP contribution in [0.25, 0.3) is 0 Å². The summed E-state index contributed by atoms with van der Waals surface area (Å²) >= 11 is 0. The Kier molecular flexibility index (Phi) is 4.85. The van der Waals surface area contributed by atoms with Gasteiger partial charge in [0.15, 0.2) is 0 Å². The number of aliphatic hydroxyl groups excluding tert-OH is 1. The second-order valence-electron chi connectivity index (χ2n) is 6.83. The van der Waals surface area contributed by atoms with Gasteiger partial charge in [0, 0.05) is 19.0 Å². The summed E-state index contributed by atoms with van der Waals surface area (Å²) in [5, 5.41) is 12.8. The van der Waals surface area contributed by atoms with E-state index >= 15 is 0 Å². The fourth-order valence-electron chi connectivity index (χ4n) is 3.75. The second kappa shape index (κ2) is 6.87. The average molecular weight is 320 g/mol. The number of piperidine rings is 1. The van der Waals surface area contributed by atoms with Gasteiger partial charge in [0.2, 0.25) is 0 Å². The van der Waals surface area contributed by atoms with Crippen molar-refractivity contribution in [1.82, 2.24) is 10.2 Å². The number of benzene rings is 1. The minimum absolute atomic E-state index is 0.0996. The number of fused-ring (bicyclic) bond motifs is 1. The van der Waals surface area contributed by atoms with Crippen molar-refractivity contribution in [1.29, 1.82) is 0 Å². The summed E-state index contributed by atoms with van der Waals surface area (Å²) in [5.41, 5.74) is 2.04. The number of rotatable bonds is 2. The molecule has 2 aliphatic rings. The molecule has 0 spiro atoms. The monoisotopic (exact) mass is 320 g/mol. The van der Waals surface area contributed by atoms with Gasteiger partial charge in [-0.2, -0.15) is 0 Å². The van der Waals surface area contributed by atoms with Crippen LogP contribution in [0.3, 0.4) is 0 Å². The minimum Gasteiger partial charge on any atom is -0.393 e. The number of amides is 2. The third-order valence-corrected chi connectivity index (χ3v) is 5.15. The molecule has 3 rings (SSSR count). The highest BCUT2D eigenvalue weighted by atomic mass is 19.1. The summed E-state index contributed by atoms with van der Waals surface area (Å²) < 4.78 is 13.5. The number of hydrogen-bond acceptors (Lipinski definition) is 2. The quantitative estimate of drug-likeness (QED) is 0.880. The molecule has 0 bridgehead atoms. The summed E-state index contributed by atoms with van der Waals surface area (Å²) in [6.45, 7) is 3.09. The minimum atomic E-state index is -0.393. The van der Waals surface area contributed by atoms with E-state index in [1.165, 1.54) is 6.07 Å². The molecule has 1 aliphatic heterocycles. The second-order valence-corrected chi connectivity index (χ2v) is 6.83. The van der Waals surface area contributed by atoms with Crippen LogP contribution in [0.15, 0.2) is 18.2 Å². The number of aliphatic hydroxyl groups is 1. The van der Waals surface area contributed by atoms with E-state index in [1.54, 1.807) is 17.9 Å². The summed E-state index contributed by atoms with van der Waals surface area (Å²) in [6, 6.07) is 4.65. The van der Waals surface area contributed by atoms with Gasteiger partial charge in [0.1, 0.15) is 5.82 Å². The van der Waals surface area contributed by atoms with Crippen molar-refractivity contribution in [2.45, 2.75) is 51.2 Å². The van der Waals surface area contributed by atoms with Crippen LogP contribution in [0.1, 0.15) is 49.8 Å². The van der Waals surface area contributed by atoms with Gasteiger partial charge in [-0.05, 0) is 62.3 Å². The van der Waals surface area contributed by atoms with Gasteiger partial charge >= 0.3 is 6.03 Å². The van der Waals surface area contributed by atoms with Crippen LogP contribution < -0.4 is 5.32 Å². The number of urea groups is 1. The first-order chi connectivity index (χ1) is 11.0. The Labute approximate surface area is 136 Å². The Bertz CT molecular complexity index is 576. The van der Waals surface area contributed by atoms with Crippen molar-refractivity contribution in [2.75, 3.05) is 13.1 Å². The number of hydrogen-bond donors (Lipinski definition) is 2. The molecule has 0 saturated carbocycles. The lowest BCUT2D eigenvalue weighted by molar-refractivity contribution is 0.0731. The number of halogens is 1. The van der Waals surface area contributed by atoms with Gasteiger partial charge in [0.25, 0.3) is 0 Å². The SMILES string of the molecule is CC(O)C1CCCN(C(=O)NC2CCCc3ccc(F)cc32)C1. The normalized spacial score (nSPS) is 25.6. The number of aryl methyl sites for hydroxylation is 1. The van der Waals surface area contributed by atoms with Gasteiger partial charge in [-0.1, -0.05) is 6.07 Å². The van der Waals surface area contributed by atoms with Crippen LogP contribution in [-0.4, -0.2) is 35.2 Å². The van der Waals surface area contributed by atoms with Gasteiger partial charge in [0.05, 0.1) is 12.1 Å². The molecule has 5 heteroatoms. The smallest absolute Gasteiger partial charge is 0.317 e. The number of nitrogens with one attached hydrogen (secondary N) is 1. The maximum absolute atomic E-state index is 13.5. The fraction of sp³-hybridized carbons (Fsp3) is 0.611. The Morgan fingerprint density at radius 1 is 1.39 bits per heavy atom. The zero-order valence-electron chi connectivity index (χ0n) is 13.6. The van der Waals surface area contributed by atoms with Gasteiger partial charge in [-0.15, -0.1) is 0 Å². The molecule has 0 radical (unpaired) electrons. The van der Waals surface area contributed by atoms with E-state index in [2.05, 4.69) is 5.32 Å². The molecule has 23 heavy (non-hydrogen) atoms. The van der Waals surface area contributed by atoms with Gasteiger partial charge < -0.3 is 15.3 Å². The zero-order valence-corrected chi connectivity index (χ0v) is 13.6. The molecule has 1 aromatic rings. The first kappa shape index (κ1) is 16.2. The van der Waals surface area contributed by atoms with Crippen molar-refractivity contribution >= 4 is 6.03 Å². The van der Waals surface area contributed by atoms with Crippen molar-refractivity contribution < 1.29 is 14.3 Å². The van der Waals surface area contributed by atoms with Crippen LogP contribution >= 0.6 is 0 Å². The van der Waals surface area contributed by atoms with Crippen molar-refractivity contribution in [3.8, 4) is 0 Å². The lowest BCUT2D eigenvalue weighted by Crippen LogP contribution is -2.48. The molecule has 1 aliphatic carbocycles. The van der Waals surface area contributed by atoms with E-state index in [-0.39, 0.29) is 23.8 Å². The van der Waals surface area contributed by atoms with Crippen LogP contribution in [0, 0.1) is 11.7 Å². The Balaban J connectivity index is 1.68. The molecular formula is C18H25FN2O2. The molecule has 4 nitrogen and oxygen atoms in total. The molecular weight excluding hydrogens is 295 g/mol. The Morgan fingerprint density at radius 2 is 2.22 bits per heavy atom. The first-order valence-electron chi connectivity index (χ1n) is 8.56. The third-order valence-electron chi connectivity index (χ3n) is 5.15. The standard InChI is InChI=1S/C18H25FN2O2/c1-12(22)14-5-3-9-21(11-14)18(23)20-17-6-2-4-13-7-8-15(19)10-16(13)17/h7-8,10,12,14,17,22H,2-6,9,11H2,1H3,(H,20,23). The maximum atomic E-state index is 13.5. The number of likely N-dealkylation sites (tertiary alicyclic amines) is 1. The largest absolute Gasteiger partial charge is 0.393 e. The first-order valence-corrected chi connectivity index (χ1v) is 8.56. The van der Waals surface area contributed by atoms with Crippen LogP contribution in [-0.2, 0) is 6.42 Å². The van der Waals surface area contributed by atoms with Crippen molar-refractivity contribution in [2.24, 2.45) is 5.92 Å². The van der Waals surface area contributed by atoms with Gasteiger partial charge in [-0.3, -0.25) is 0 Å². The lowest BCUT2D eigenvalue weighted by Gasteiger charge is -2.36. The summed E-state index contributed by atoms with van der Waals surface area (Å²) in [7, 11) is 0. The topological polar surface area (TPSA) is 52.6 Å². The maximum Gasteiger partial charge on any atom is 0.317 e. The number of carbonyl (C=O) groups is 1. The van der Waals surface area contributed by atoms with Crippen molar-refractivity contribution in [3.63, 3.8) is 0 Å². The predicted octanol–water partition coefficient (Wildman–Crippen LogP) is 3.01. The Hall–Kier alpha value is -1.62. The van der Waals surface area contributed by atoms with Crippen molar-refractivity contribution in [3.05, 3.63) is 35.1 Å². The summed E-state index contributed by atoms with van der Waals surface area (Å²) in [5.74, 6) is -0.109. The molecule has 2 N–H and O–H groups in total. The summed E-state index contributed by atoms with van der Waals surface area (Å²) in [4.78, 5) is 14.4. The molecule has 2 amide bonds. The van der Waals surface area contributed by atoms with E-state index < -0.39 is 6.10 Å². The molecule has 1 saturated heterocycles. The lowest BCUT2D eigenvalue weighted by atomic mass is 9.87. The molecule has 3 atom stereocenters. The van der Waals surface area contributed by atoms with Crippen LogP contribution in [0.2, 0.25) is 0 Å². The van der Waals surface area contributed by atoms with Crippen LogP contribution in [0.4, 0.5) is 9.18 Å². The molecule has 3 unspecified atom stereocenters. The average Bonchev–Trinajstić information content (AvgIpc) is 2.55. The third kappa shape index (κ3) is 3.66. The summed E-state index contributed by atoms with van der Waals surface area (Å²) in [6.07, 6.45) is 4.26. The predicted molar refractivity (Wildman–Crippen MR) is 86.6 cm³/mol. The highest BCUT2D eigenvalue weighted by Gasteiger charge is 2.29. The number of nitrogens with zero attached hydrogens (tertiary/aromatic N) is 1. The molecule has 0 aromatic heterocycles. The van der Waals surface area contributed by atoms with E-state index in [4.69, 9.17) is 0 Å². The van der Waals surface area contributed by atoms with E-state index in [0.29, 0.717) is 6.54 Å². The Morgan fingerprint density at radius 3 is 3.00 bits per heavy atom. The fourth-order valence-corrected chi connectivity index (χ4v) is 3.75. The van der Waals surface area contributed by atoms with Crippen LogP contribution in [0.5, 0.6) is 0 Å². The molecule has 1 heterocycles. The zero-order chi connectivity index (χ0) is 16.4. The van der Waals surface area contributed by atoms with E-state index in [1.807, 2.05) is 6.07 Å². The highest BCUT2D eigenvalue weighted by molar-refractivity contribution is 5.75. The van der Waals surface area contributed by atoms with Gasteiger partial charge in [-0.25, -0.2) is 9.18 Å². The molecule has 1 aromatic carbocycles. The molecule has 1 fully saturated rings. The van der Waals surface area contributed by atoms with E-state index in [0.717, 1.165) is 49.8 Å².